The van der Waals surface area contributed by atoms with E-state index in [0.717, 1.165) is 6.08 Å². The molecule has 0 radical (unpaired) electrons. The molecule has 10 heteroatoms. The van der Waals surface area contributed by atoms with Crippen molar-refractivity contribution < 1.29 is 24.0 Å². The number of rotatable bonds is 6. The summed E-state index contributed by atoms with van der Waals surface area (Å²) >= 11 is 5.70. The molecule has 1 aromatic carbocycles. The molecule has 0 aliphatic rings. The van der Waals surface area contributed by atoms with Crippen molar-refractivity contribution >= 4 is 41.3 Å². The van der Waals surface area contributed by atoms with Crippen molar-refractivity contribution in [3.05, 3.63) is 45.0 Å². The van der Waals surface area contributed by atoms with E-state index < -0.39 is 28.9 Å². The van der Waals surface area contributed by atoms with E-state index in [0.29, 0.717) is 5.56 Å². The Bertz CT molecular complexity index is 748. The lowest BCUT2D eigenvalue weighted by molar-refractivity contribution is -0.384. The molecule has 26 heavy (non-hydrogen) atoms. The number of carbonyl (C=O) groups is 3. The number of nitro benzene ring substituents is 1. The lowest BCUT2D eigenvalue weighted by Crippen LogP contribution is -2.46. The third-order valence-corrected chi connectivity index (χ3v) is 3.22. The number of carbonyl (C=O) groups excluding carboxylic acids is 3. The molecule has 9 nitrogen and oxygen atoms in total. The molecule has 0 aromatic heterocycles. The van der Waals surface area contributed by atoms with Gasteiger partial charge in [0.25, 0.3) is 11.6 Å². The number of benzene rings is 1. The van der Waals surface area contributed by atoms with Crippen LogP contribution in [0.2, 0.25) is 5.02 Å². The second-order valence-corrected chi connectivity index (χ2v) is 5.91. The number of nitrogens with one attached hydrogen (secondary N) is 2. The van der Waals surface area contributed by atoms with Crippen LogP contribution in [-0.4, -0.2) is 35.0 Å². The Balaban J connectivity index is 2.64. The van der Waals surface area contributed by atoms with Crippen LogP contribution in [0.3, 0.4) is 0 Å². The van der Waals surface area contributed by atoms with Gasteiger partial charge in [-0.25, -0.2) is 9.59 Å². The zero-order valence-electron chi connectivity index (χ0n) is 14.3. The second-order valence-electron chi connectivity index (χ2n) is 5.50. The molecule has 0 spiro atoms. The highest BCUT2D eigenvalue weighted by atomic mass is 35.5. The molecular weight excluding hydrogens is 366 g/mol. The number of urea groups is 1. The number of hydrogen-bond acceptors (Lipinski definition) is 6. The summed E-state index contributed by atoms with van der Waals surface area (Å²) in [7, 11) is 0. The Morgan fingerprint density at radius 3 is 2.50 bits per heavy atom. The van der Waals surface area contributed by atoms with Gasteiger partial charge < -0.3 is 10.1 Å². The van der Waals surface area contributed by atoms with Crippen LogP contribution in [0.25, 0.3) is 6.08 Å². The monoisotopic (exact) mass is 383 g/mol. The number of imide groups is 1. The Morgan fingerprint density at radius 2 is 1.92 bits per heavy atom. The summed E-state index contributed by atoms with van der Waals surface area (Å²) in [6.07, 6.45) is 1.08. The van der Waals surface area contributed by atoms with Gasteiger partial charge in [-0.1, -0.05) is 17.7 Å². The van der Waals surface area contributed by atoms with Gasteiger partial charge in [0.05, 0.1) is 4.92 Å². The van der Waals surface area contributed by atoms with Crippen molar-refractivity contribution in [1.29, 1.82) is 0 Å². The van der Waals surface area contributed by atoms with Gasteiger partial charge in [-0.15, -0.1) is 0 Å². The number of esters is 1. The van der Waals surface area contributed by atoms with Crippen molar-refractivity contribution in [3.8, 4) is 0 Å². The van der Waals surface area contributed by atoms with Gasteiger partial charge in [-0.3, -0.25) is 20.2 Å². The maximum absolute atomic E-state index is 11.7. The van der Waals surface area contributed by atoms with Crippen LogP contribution in [0.15, 0.2) is 24.3 Å². The third-order valence-electron chi connectivity index (χ3n) is 2.90. The van der Waals surface area contributed by atoms with Gasteiger partial charge in [0.15, 0.2) is 6.10 Å². The molecule has 1 atom stereocenters. The fraction of sp³-hybridized carbons (Fsp3) is 0.312. The third kappa shape index (κ3) is 6.89. The molecule has 1 unspecified atom stereocenters. The Hall–Kier alpha value is -2.94. The van der Waals surface area contributed by atoms with Crippen LogP contribution in [0, 0.1) is 10.1 Å². The molecular formula is C16H18ClN3O6. The molecule has 0 bridgehead atoms. The average Bonchev–Trinajstić information content (AvgIpc) is 2.52. The van der Waals surface area contributed by atoms with E-state index in [1.165, 1.54) is 31.2 Å². The lowest BCUT2D eigenvalue weighted by atomic mass is 10.2. The lowest BCUT2D eigenvalue weighted by Gasteiger charge is -2.13. The molecule has 0 aliphatic heterocycles. The van der Waals surface area contributed by atoms with Crippen molar-refractivity contribution in [2.24, 2.45) is 0 Å². The first-order valence-corrected chi connectivity index (χ1v) is 7.92. The largest absolute Gasteiger partial charge is 0.449 e. The minimum atomic E-state index is -1.20. The molecule has 1 rings (SSSR count). The fourth-order valence-corrected chi connectivity index (χ4v) is 1.90. The van der Waals surface area contributed by atoms with E-state index in [1.54, 1.807) is 13.8 Å². The number of hydrogen-bond donors (Lipinski definition) is 2. The summed E-state index contributed by atoms with van der Waals surface area (Å²) in [6, 6.07) is 3.14. The zero-order chi connectivity index (χ0) is 19.9. The summed E-state index contributed by atoms with van der Waals surface area (Å²) in [5.74, 6) is -1.64. The number of ether oxygens (including phenoxy) is 1. The predicted molar refractivity (Wildman–Crippen MR) is 94.5 cm³/mol. The Kier molecular flexibility index (Phi) is 7.73. The minimum absolute atomic E-state index is 0.0281. The van der Waals surface area contributed by atoms with E-state index in [2.05, 4.69) is 5.32 Å². The van der Waals surface area contributed by atoms with Crippen molar-refractivity contribution in [2.45, 2.75) is 32.9 Å². The normalized spacial score (nSPS) is 11.9. The summed E-state index contributed by atoms with van der Waals surface area (Å²) < 4.78 is 4.86. The molecule has 0 heterocycles. The SMILES string of the molecule is CC(C)NC(=O)NC(=O)C(C)OC(=O)/C=C/c1ccc(Cl)c([N+](=O)[O-])c1. The van der Waals surface area contributed by atoms with Crippen LogP contribution < -0.4 is 10.6 Å². The molecule has 0 aliphatic carbocycles. The van der Waals surface area contributed by atoms with Gasteiger partial charge >= 0.3 is 12.0 Å². The van der Waals surface area contributed by atoms with Crippen LogP contribution in [-0.2, 0) is 14.3 Å². The molecule has 1 aromatic rings. The predicted octanol–water partition coefficient (Wildman–Crippen LogP) is 2.43. The van der Waals surface area contributed by atoms with Crippen molar-refractivity contribution in [2.75, 3.05) is 0 Å². The summed E-state index contributed by atoms with van der Waals surface area (Å²) in [5, 5.41) is 15.3. The number of nitrogens with zero attached hydrogens (tertiary/aromatic N) is 1. The van der Waals surface area contributed by atoms with Crippen molar-refractivity contribution in [3.63, 3.8) is 0 Å². The molecule has 0 fully saturated rings. The first-order valence-electron chi connectivity index (χ1n) is 7.54. The smallest absolute Gasteiger partial charge is 0.331 e. The highest BCUT2D eigenvalue weighted by molar-refractivity contribution is 6.32. The molecule has 2 N–H and O–H groups in total. The van der Waals surface area contributed by atoms with E-state index in [9.17, 15) is 24.5 Å². The first-order chi connectivity index (χ1) is 12.1. The van der Waals surface area contributed by atoms with Gasteiger partial charge in [0.1, 0.15) is 5.02 Å². The summed E-state index contributed by atoms with van der Waals surface area (Å²) in [4.78, 5) is 45.1. The van der Waals surface area contributed by atoms with E-state index in [4.69, 9.17) is 16.3 Å². The average molecular weight is 384 g/mol. The maximum atomic E-state index is 11.7. The van der Waals surface area contributed by atoms with Gasteiger partial charge in [0.2, 0.25) is 0 Å². The van der Waals surface area contributed by atoms with Gasteiger partial charge in [-0.05, 0) is 38.5 Å². The fourth-order valence-electron chi connectivity index (χ4n) is 1.72. The minimum Gasteiger partial charge on any atom is -0.449 e. The zero-order valence-corrected chi connectivity index (χ0v) is 15.1. The van der Waals surface area contributed by atoms with Crippen LogP contribution in [0.4, 0.5) is 10.5 Å². The Morgan fingerprint density at radius 1 is 1.27 bits per heavy atom. The highest BCUT2D eigenvalue weighted by Gasteiger charge is 2.19. The number of amides is 3. The first kappa shape index (κ1) is 21.1. The van der Waals surface area contributed by atoms with Gasteiger partial charge in [0, 0.05) is 18.2 Å². The maximum Gasteiger partial charge on any atom is 0.331 e. The summed E-state index contributed by atoms with van der Waals surface area (Å²) in [6.45, 7) is 4.75. The second kappa shape index (κ2) is 9.52. The van der Waals surface area contributed by atoms with Gasteiger partial charge in [-0.2, -0.15) is 0 Å². The topological polar surface area (TPSA) is 128 Å². The van der Waals surface area contributed by atoms with Crippen LogP contribution in [0.1, 0.15) is 26.3 Å². The van der Waals surface area contributed by atoms with Crippen molar-refractivity contribution in [1.82, 2.24) is 10.6 Å². The van der Waals surface area contributed by atoms with Crippen LogP contribution in [0.5, 0.6) is 0 Å². The van der Waals surface area contributed by atoms with Crippen LogP contribution >= 0.6 is 11.6 Å². The molecule has 140 valence electrons. The molecule has 3 amide bonds. The molecule has 0 saturated heterocycles. The number of nitro groups is 1. The van der Waals surface area contributed by atoms with E-state index in [-0.39, 0.29) is 16.8 Å². The van der Waals surface area contributed by atoms with E-state index in [1.807, 2.05) is 5.32 Å². The standard InChI is InChI=1S/C16H18ClN3O6/c1-9(2)18-16(23)19-15(22)10(3)26-14(21)7-5-11-4-6-12(17)13(8-11)20(24)25/h4-10H,1-3H3,(H2,18,19,22,23)/b7-5+. The number of halogens is 1. The summed E-state index contributed by atoms with van der Waals surface area (Å²) in [5.41, 5.74) is 0.0533. The molecule has 0 saturated carbocycles. The Labute approximate surface area is 154 Å². The highest BCUT2D eigenvalue weighted by Crippen LogP contribution is 2.25. The van der Waals surface area contributed by atoms with E-state index >= 15 is 0 Å². The quantitative estimate of drug-likeness (QED) is 0.336.